The molecule has 21 heteroatoms. The van der Waals surface area contributed by atoms with Crippen molar-refractivity contribution >= 4 is 103 Å². The van der Waals surface area contributed by atoms with Gasteiger partial charge in [-0.3, -0.25) is 38.4 Å². The highest BCUT2D eigenvalue weighted by Gasteiger charge is 2.35. The fourth-order valence-corrected chi connectivity index (χ4v) is 17.0. The van der Waals surface area contributed by atoms with Gasteiger partial charge in [-0.2, -0.15) is 0 Å². The zero-order chi connectivity index (χ0) is 34.7. The largest absolute Gasteiger partial charge is 0.481 e. The molecule has 0 fully saturated rings. The molecule has 0 aliphatic heterocycles. The van der Waals surface area contributed by atoms with Crippen molar-refractivity contribution in [2.45, 2.75) is 70.9 Å². The molecule has 0 bridgehead atoms. The summed E-state index contributed by atoms with van der Waals surface area (Å²) in [4.78, 5) is 90.9. The maximum absolute atomic E-state index is 11.6. The van der Waals surface area contributed by atoms with E-state index in [0.29, 0.717) is 24.2 Å². The van der Waals surface area contributed by atoms with Gasteiger partial charge in [-0.15, -0.1) is 47.0 Å². The molecule has 0 saturated heterocycles. The maximum Gasteiger partial charge on any atom is 0.317 e. The van der Waals surface area contributed by atoms with E-state index in [-0.39, 0.29) is 23.0 Å². The molecule has 0 saturated carbocycles. The van der Waals surface area contributed by atoms with E-state index in [2.05, 4.69) is 0 Å². The van der Waals surface area contributed by atoms with E-state index in [9.17, 15) is 58.8 Å². The van der Waals surface area contributed by atoms with Crippen molar-refractivity contribution in [1.29, 1.82) is 0 Å². The molecule has 0 radical (unpaired) electrons. The van der Waals surface area contributed by atoms with Crippen molar-refractivity contribution in [3.05, 3.63) is 0 Å². The Morgan fingerprint density at radius 3 is 0.689 bits per heavy atom. The molecule has 0 amide bonds. The minimum Gasteiger partial charge on any atom is -0.481 e. The summed E-state index contributed by atoms with van der Waals surface area (Å²) in [6, 6.07) is 1.19. The SMILES string of the molecule is O=C(O)CC(SCC[Si](CCSC(CC(=O)O)C(=O)O)(CCSC(CC(=O)O)C(=O)O)CCSC(CC(=O)O)C(=O)O)C(=O)O. The summed E-state index contributed by atoms with van der Waals surface area (Å²) in [5, 5.41) is 68.9. The molecule has 8 N–H and O–H groups in total. The Balaban J connectivity index is 6.23. The Morgan fingerprint density at radius 1 is 0.378 bits per heavy atom. The third kappa shape index (κ3) is 19.5. The van der Waals surface area contributed by atoms with Gasteiger partial charge in [-0.1, -0.05) is 0 Å². The number of thioether (sulfide) groups is 4. The highest BCUT2D eigenvalue weighted by molar-refractivity contribution is 8.01. The zero-order valence-corrected chi connectivity index (χ0v) is 28.0. The summed E-state index contributed by atoms with van der Waals surface area (Å²) in [6.07, 6.45) is -2.68. The van der Waals surface area contributed by atoms with E-state index in [1.807, 2.05) is 0 Å². The Hall–Kier alpha value is -2.62. The molecule has 0 heterocycles. The molecule has 0 rings (SSSR count). The van der Waals surface area contributed by atoms with Crippen LogP contribution in [0.4, 0.5) is 0 Å². The van der Waals surface area contributed by atoms with Gasteiger partial charge in [0.05, 0.1) is 33.8 Å². The lowest BCUT2D eigenvalue weighted by Gasteiger charge is -2.33. The van der Waals surface area contributed by atoms with Crippen LogP contribution in [0.2, 0.25) is 24.2 Å². The van der Waals surface area contributed by atoms with Gasteiger partial charge in [-0.25, -0.2) is 0 Å². The summed E-state index contributed by atoms with van der Waals surface area (Å²) in [5.74, 6) is -10.3. The average Bonchev–Trinajstić information content (AvgIpc) is 2.89. The van der Waals surface area contributed by atoms with Crippen LogP contribution in [0.5, 0.6) is 0 Å². The first-order valence-electron chi connectivity index (χ1n) is 13.1. The predicted octanol–water partition coefficient (Wildman–Crippen LogP) is 2.08. The van der Waals surface area contributed by atoms with Crippen LogP contribution in [0.25, 0.3) is 0 Å². The fourth-order valence-electron chi connectivity index (χ4n) is 3.93. The second kappa shape index (κ2) is 22.0. The van der Waals surface area contributed by atoms with Crippen LogP contribution in [0, 0.1) is 0 Å². The molecule has 4 atom stereocenters. The first-order chi connectivity index (χ1) is 20.9. The van der Waals surface area contributed by atoms with Gasteiger partial charge in [0, 0.05) is 0 Å². The van der Waals surface area contributed by atoms with Crippen molar-refractivity contribution in [3.63, 3.8) is 0 Å². The van der Waals surface area contributed by atoms with Crippen LogP contribution in [0.3, 0.4) is 0 Å². The van der Waals surface area contributed by atoms with Crippen molar-refractivity contribution in [3.8, 4) is 0 Å². The molecule has 0 spiro atoms. The number of hydrogen-bond acceptors (Lipinski definition) is 12. The highest BCUT2D eigenvalue weighted by atomic mass is 32.2. The molecule has 256 valence electrons. The van der Waals surface area contributed by atoms with E-state index in [0.717, 1.165) is 47.0 Å². The van der Waals surface area contributed by atoms with E-state index < -0.39 is 103 Å². The van der Waals surface area contributed by atoms with Gasteiger partial charge < -0.3 is 40.9 Å². The van der Waals surface area contributed by atoms with Crippen molar-refractivity contribution < 1.29 is 79.2 Å². The predicted molar refractivity (Wildman–Crippen MR) is 170 cm³/mol. The Kier molecular flexibility index (Phi) is 20.7. The van der Waals surface area contributed by atoms with Crippen molar-refractivity contribution in [2.75, 3.05) is 23.0 Å². The summed E-state index contributed by atoms with van der Waals surface area (Å²) in [5.41, 5.74) is 0. The molecule has 0 aromatic carbocycles. The second-order valence-electron chi connectivity index (χ2n) is 9.68. The van der Waals surface area contributed by atoms with Crippen LogP contribution >= 0.6 is 47.0 Å². The lowest BCUT2D eigenvalue weighted by atomic mass is 10.3. The van der Waals surface area contributed by atoms with Gasteiger partial charge in [-0.05, 0) is 47.2 Å². The molecule has 0 aliphatic rings. The number of rotatable bonds is 28. The van der Waals surface area contributed by atoms with Crippen molar-refractivity contribution in [2.24, 2.45) is 0 Å². The molecular formula is C24H36O16S4Si. The van der Waals surface area contributed by atoms with Crippen LogP contribution in [-0.4, -0.2) is 141 Å². The number of aliphatic carboxylic acids is 8. The summed E-state index contributed by atoms with van der Waals surface area (Å²) in [6.45, 7) is 0. The Bertz CT molecular complexity index is 908. The first-order valence-corrected chi connectivity index (χ1v) is 20.2. The summed E-state index contributed by atoms with van der Waals surface area (Å²) < 4.78 is 0. The van der Waals surface area contributed by atoms with Gasteiger partial charge >= 0.3 is 47.8 Å². The molecule has 0 aromatic heterocycles. The number of carboxylic acids is 8. The lowest BCUT2D eigenvalue weighted by Crippen LogP contribution is -2.38. The fraction of sp³-hybridized carbons (Fsp3) is 0.667. The summed E-state index contributed by atoms with van der Waals surface area (Å²) >= 11 is 3.45. The van der Waals surface area contributed by atoms with Gasteiger partial charge in [0.15, 0.2) is 0 Å². The van der Waals surface area contributed by atoms with E-state index in [1.54, 1.807) is 0 Å². The average molecular weight is 737 g/mol. The topological polar surface area (TPSA) is 298 Å². The first kappa shape index (κ1) is 42.4. The standard InChI is InChI=1S/C24H36O16S4Si/c25-17(26)9-13(21(33)34)41-1-5-45(6-2-42-14(22(35)36)10-18(27)28,7-3-43-15(23(37)38)11-19(29)30)8-4-44-16(24(39)40)12-20(31)32/h13-16H,1-12H2,(H,25,26)(H,27,28)(H,29,30)(H,31,32)(H,33,34)(H,35,36)(H,37,38)(H,39,40). The third-order valence-corrected chi connectivity index (χ3v) is 17.9. The molecule has 45 heavy (non-hydrogen) atoms. The van der Waals surface area contributed by atoms with Gasteiger partial charge in [0.1, 0.15) is 21.0 Å². The Labute approximate surface area is 275 Å². The number of hydrogen-bond donors (Lipinski definition) is 8. The van der Waals surface area contributed by atoms with Gasteiger partial charge in [0.2, 0.25) is 0 Å². The molecule has 0 aromatic rings. The van der Waals surface area contributed by atoms with E-state index >= 15 is 0 Å². The quantitative estimate of drug-likeness (QED) is 0.0533. The Morgan fingerprint density at radius 2 is 0.556 bits per heavy atom. The summed E-state index contributed by atoms with van der Waals surface area (Å²) in [7, 11) is -2.81. The van der Waals surface area contributed by atoms with Crippen molar-refractivity contribution in [1.82, 2.24) is 0 Å². The lowest BCUT2D eigenvalue weighted by molar-refractivity contribution is -0.142. The smallest absolute Gasteiger partial charge is 0.317 e. The maximum atomic E-state index is 11.6. The van der Waals surface area contributed by atoms with Crippen LogP contribution < -0.4 is 0 Å². The minimum absolute atomic E-state index is 0.128. The third-order valence-electron chi connectivity index (χ3n) is 6.35. The number of carboxylic acid groups (broad SMARTS) is 8. The minimum atomic E-state index is -2.81. The molecule has 0 aliphatic carbocycles. The monoisotopic (exact) mass is 736 g/mol. The molecule has 16 nitrogen and oxygen atoms in total. The second-order valence-corrected chi connectivity index (χ2v) is 19.9. The van der Waals surface area contributed by atoms with Crippen LogP contribution in [0.1, 0.15) is 25.7 Å². The molecule has 4 unspecified atom stereocenters. The number of carbonyl (C=O) groups is 8. The van der Waals surface area contributed by atoms with Gasteiger partial charge in [0.25, 0.3) is 0 Å². The normalized spacial score (nSPS) is 15.1. The molecular weight excluding hydrogens is 701 g/mol. The zero-order valence-electron chi connectivity index (χ0n) is 23.8. The highest BCUT2D eigenvalue weighted by Crippen LogP contribution is 2.36. The van der Waals surface area contributed by atoms with Crippen LogP contribution in [0.15, 0.2) is 0 Å². The van der Waals surface area contributed by atoms with Crippen LogP contribution in [-0.2, 0) is 38.4 Å². The van der Waals surface area contributed by atoms with E-state index in [1.165, 1.54) is 0 Å². The van der Waals surface area contributed by atoms with E-state index in [4.69, 9.17) is 20.4 Å².